The quantitative estimate of drug-likeness (QED) is 0.873. The van der Waals surface area contributed by atoms with Crippen LogP contribution >= 0.6 is 11.3 Å². The lowest BCUT2D eigenvalue weighted by atomic mass is 9.95. The smallest absolute Gasteiger partial charge is 0.226 e. The minimum atomic E-state index is -0.160. The molecule has 3 rings (SSSR count). The average molecular weight is 346 g/mol. The zero-order chi connectivity index (χ0) is 16.9. The first-order valence-electron chi connectivity index (χ1n) is 8.21. The van der Waals surface area contributed by atoms with Crippen LogP contribution in [0.5, 0.6) is 11.5 Å². The lowest BCUT2D eigenvalue weighted by molar-refractivity contribution is -0.126. The molecule has 1 atom stereocenters. The number of carbonyl (C=O) groups is 1. The monoisotopic (exact) mass is 346 g/mol. The van der Waals surface area contributed by atoms with Gasteiger partial charge in [-0.15, -0.1) is 11.3 Å². The molecule has 0 bridgehead atoms. The maximum absolute atomic E-state index is 12.4. The summed E-state index contributed by atoms with van der Waals surface area (Å²) in [6, 6.07) is 5.78. The second kappa shape index (κ2) is 7.66. The molecule has 0 saturated carbocycles. The van der Waals surface area contributed by atoms with E-state index in [1.165, 1.54) is 0 Å². The summed E-state index contributed by atoms with van der Waals surface area (Å²) in [5.41, 5.74) is 2.14. The molecule has 0 spiro atoms. The van der Waals surface area contributed by atoms with Crippen LogP contribution in [0, 0.1) is 5.92 Å². The molecule has 0 fully saturated rings. The second-order valence-electron chi connectivity index (χ2n) is 5.79. The fourth-order valence-corrected chi connectivity index (χ4v) is 3.67. The van der Waals surface area contributed by atoms with Gasteiger partial charge in [-0.1, -0.05) is 19.1 Å². The normalized spacial score (nSPS) is 16.2. The van der Waals surface area contributed by atoms with E-state index in [2.05, 4.69) is 22.6 Å². The molecule has 0 aliphatic carbocycles. The van der Waals surface area contributed by atoms with Crippen LogP contribution in [0.2, 0.25) is 0 Å². The Hall–Kier alpha value is -2.08. The molecule has 5 nitrogen and oxygen atoms in total. The van der Waals surface area contributed by atoms with E-state index in [9.17, 15) is 4.79 Å². The van der Waals surface area contributed by atoms with E-state index in [1.54, 1.807) is 18.4 Å². The summed E-state index contributed by atoms with van der Waals surface area (Å²) in [6.45, 7) is 3.09. The first kappa shape index (κ1) is 16.8. The van der Waals surface area contributed by atoms with Crippen molar-refractivity contribution in [2.45, 2.75) is 26.2 Å². The number of nitrogens with one attached hydrogen (secondary N) is 1. The summed E-state index contributed by atoms with van der Waals surface area (Å²) in [5.74, 6) is 1.36. The third-order valence-corrected chi connectivity index (χ3v) is 5.10. The lowest BCUT2D eigenvalue weighted by Gasteiger charge is -2.25. The van der Waals surface area contributed by atoms with Crippen molar-refractivity contribution in [3.05, 3.63) is 39.8 Å². The Labute approximate surface area is 146 Å². The van der Waals surface area contributed by atoms with Crippen molar-refractivity contribution in [1.82, 2.24) is 10.3 Å². The van der Waals surface area contributed by atoms with Gasteiger partial charge in [0.25, 0.3) is 0 Å². The highest BCUT2D eigenvalue weighted by molar-refractivity contribution is 7.09. The maximum Gasteiger partial charge on any atom is 0.226 e. The number of methoxy groups -OCH3 is 1. The SMILES string of the molecule is CCc1csc(CCNC(=O)[C@H]2COc3c(cccc3OC)C2)n1. The Morgan fingerprint density at radius 1 is 1.50 bits per heavy atom. The molecule has 1 aromatic carbocycles. The van der Waals surface area contributed by atoms with Crippen LogP contribution in [0.1, 0.15) is 23.2 Å². The molecule has 2 heterocycles. The highest BCUT2D eigenvalue weighted by Crippen LogP contribution is 2.35. The number of benzene rings is 1. The van der Waals surface area contributed by atoms with Gasteiger partial charge in [-0.05, 0) is 24.5 Å². The van der Waals surface area contributed by atoms with Gasteiger partial charge < -0.3 is 14.8 Å². The van der Waals surface area contributed by atoms with Crippen molar-refractivity contribution < 1.29 is 14.3 Å². The number of aryl methyl sites for hydroxylation is 1. The van der Waals surface area contributed by atoms with Crippen molar-refractivity contribution >= 4 is 17.2 Å². The van der Waals surface area contributed by atoms with Gasteiger partial charge >= 0.3 is 0 Å². The maximum atomic E-state index is 12.4. The molecule has 1 N–H and O–H groups in total. The molecule has 1 aliphatic rings. The van der Waals surface area contributed by atoms with Gasteiger partial charge in [0.2, 0.25) is 5.91 Å². The first-order valence-corrected chi connectivity index (χ1v) is 9.09. The van der Waals surface area contributed by atoms with Crippen molar-refractivity contribution in [3.8, 4) is 11.5 Å². The molecule has 0 saturated heterocycles. The van der Waals surface area contributed by atoms with Gasteiger partial charge in [0.15, 0.2) is 11.5 Å². The van der Waals surface area contributed by atoms with E-state index in [1.807, 2.05) is 18.2 Å². The van der Waals surface area contributed by atoms with Crippen LogP contribution < -0.4 is 14.8 Å². The summed E-state index contributed by atoms with van der Waals surface area (Å²) in [7, 11) is 1.63. The van der Waals surface area contributed by atoms with Crippen LogP contribution in [0.15, 0.2) is 23.6 Å². The number of fused-ring (bicyclic) bond motifs is 1. The van der Waals surface area contributed by atoms with Crippen molar-refractivity contribution in [2.75, 3.05) is 20.3 Å². The molecule has 6 heteroatoms. The van der Waals surface area contributed by atoms with Crippen LogP contribution in [0.4, 0.5) is 0 Å². The van der Waals surface area contributed by atoms with Gasteiger partial charge in [0, 0.05) is 18.3 Å². The van der Waals surface area contributed by atoms with Crippen LogP contribution in [-0.2, 0) is 24.1 Å². The Morgan fingerprint density at radius 2 is 2.38 bits per heavy atom. The number of aromatic nitrogens is 1. The van der Waals surface area contributed by atoms with Crippen molar-refractivity contribution in [3.63, 3.8) is 0 Å². The van der Waals surface area contributed by atoms with Gasteiger partial charge in [-0.2, -0.15) is 0 Å². The zero-order valence-corrected chi connectivity index (χ0v) is 14.8. The Morgan fingerprint density at radius 3 is 3.12 bits per heavy atom. The molecule has 128 valence electrons. The number of carbonyl (C=O) groups excluding carboxylic acids is 1. The number of rotatable bonds is 6. The second-order valence-corrected chi connectivity index (χ2v) is 6.73. The lowest BCUT2D eigenvalue weighted by Crippen LogP contribution is -2.38. The van der Waals surface area contributed by atoms with Crippen LogP contribution in [0.25, 0.3) is 0 Å². The molecule has 2 aromatic rings. The number of hydrogen-bond acceptors (Lipinski definition) is 5. The zero-order valence-electron chi connectivity index (χ0n) is 14.0. The van der Waals surface area contributed by atoms with E-state index >= 15 is 0 Å². The van der Waals surface area contributed by atoms with Crippen molar-refractivity contribution in [2.24, 2.45) is 5.92 Å². The fourth-order valence-electron chi connectivity index (χ4n) is 2.79. The molecule has 0 radical (unpaired) electrons. The van der Waals surface area contributed by atoms with Crippen LogP contribution in [-0.4, -0.2) is 31.2 Å². The number of amides is 1. The fraction of sp³-hybridized carbons (Fsp3) is 0.444. The van der Waals surface area contributed by atoms with Crippen LogP contribution in [0.3, 0.4) is 0 Å². The Bertz CT molecular complexity index is 714. The number of nitrogens with zero attached hydrogens (tertiary/aromatic N) is 1. The van der Waals surface area contributed by atoms with Gasteiger partial charge in [0.1, 0.15) is 6.61 Å². The minimum absolute atomic E-state index is 0.0377. The molecule has 0 unspecified atom stereocenters. The number of para-hydroxylation sites is 1. The Balaban J connectivity index is 1.52. The molecule has 1 amide bonds. The third kappa shape index (κ3) is 3.70. The predicted molar refractivity (Wildman–Crippen MR) is 93.9 cm³/mol. The van der Waals surface area contributed by atoms with Gasteiger partial charge in [-0.25, -0.2) is 4.98 Å². The summed E-state index contributed by atoms with van der Waals surface area (Å²) in [4.78, 5) is 16.9. The number of thiazole rings is 1. The highest BCUT2D eigenvalue weighted by atomic mass is 32.1. The summed E-state index contributed by atoms with van der Waals surface area (Å²) in [5, 5.41) is 6.16. The first-order chi connectivity index (χ1) is 11.7. The average Bonchev–Trinajstić information content (AvgIpc) is 3.08. The molecule has 1 aromatic heterocycles. The van der Waals surface area contributed by atoms with E-state index in [4.69, 9.17) is 9.47 Å². The third-order valence-electron chi connectivity index (χ3n) is 4.15. The van der Waals surface area contributed by atoms with E-state index in [0.717, 1.165) is 40.6 Å². The minimum Gasteiger partial charge on any atom is -0.493 e. The van der Waals surface area contributed by atoms with E-state index in [0.29, 0.717) is 19.6 Å². The van der Waals surface area contributed by atoms with Gasteiger partial charge in [0.05, 0.1) is 23.7 Å². The molecular weight excluding hydrogens is 324 g/mol. The Kier molecular flexibility index (Phi) is 5.35. The number of ether oxygens (including phenoxy) is 2. The topological polar surface area (TPSA) is 60.5 Å². The molecule has 24 heavy (non-hydrogen) atoms. The molecule has 1 aliphatic heterocycles. The number of hydrogen-bond donors (Lipinski definition) is 1. The summed E-state index contributed by atoms with van der Waals surface area (Å²) in [6.07, 6.45) is 2.40. The van der Waals surface area contributed by atoms with E-state index in [-0.39, 0.29) is 11.8 Å². The standard InChI is InChI=1S/C18H22N2O3S/c1-3-14-11-24-16(20-14)7-8-19-18(21)13-9-12-5-4-6-15(22-2)17(12)23-10-13/h4-6,11,13H,3,7-10H2,1-2H3,(H,19,21)/t13-/m1/s1. The van der Waals surface area contributed by atoms with Crippen molar-refractivity contribution in [1.29, 1.82) is 0 Å². The molecular formula is C18H22N2O3S. The van der Waals surface area contributed by atoms with E-state index < -0.39 is 0 Å². The largest absolute Gasteiger partial charge is 0.493 e. The van der Waals surface area contributed by atoms with Gasteiger partial charge in [-0.3, -0.25) is 4.79 Å². The predicted octanol–water partition coefficient (Wildman–Crippen LogP) is 2.62. The summed E-state index contributed by atoms with van der Waals surface area (Å²) >= 11 is 1.66. The highest BCUT2D eigenvalue weighted by Gasteiger charge is 2.27. The summed E-state index contributed by atoms with van der Waals surface area (Å²) < 4.78 is 11.1.